The molecule has 0 fully saturated rings. The van der Waals surface area contributed by atoms with E-state index in [1.165, 1.54) is 37.4 Å². The smallest absolute Gasteiger partial charge is 0.339 e. The average molecular weight is 276 g/mol. The van der Waals surface area contributed by atoms with E-state index in [0.29, 0.717) is 11.3 Å². The van der Waals surface area contributed by atoms with Crippen molar-refractivity contribution in [1.29, 1.82) is 0 Å². The standard InChI is InChI=1S/C15H13FO4/c1-9-3-4-10(16)7-13(9)20-14-8-11(19-2)5-6-12(14)15(17)18/h3-8H,1-2H3,(H,17,18). The zero-order valence-electron chi connectivity index (χ0n) is 11.0. The first-order chi connectivity index (χ1) is 9.51. The van der Waals surface area contributed by atoms with E-state index in [1.807, 2.05) is 0 Å². The molecule has 2 aromatic rings. The van der Waals surface area contributed by atoms with Gasteiger partial charge in [0.2, 0.25) is 0 Å². The molecule has 0 saturated carbocycles. The number of halogens is 1. The van der Waals surface area contributed by atoms with E-state index in [0.717, 1.165) is 0 Å². The summed E-state index contributed by atoms with van der Waals surface area (Å²) in [6.45, 7) is 1.75. The van der Waals surface area contributed by atoms with E-state index in [2.05, 4.69) is 0 Å². The number of aromatic carboxylic acids is 1. The maximum absolute atomic E-state index is 13.2. The number of aryl methyl sites for hydroxylation is 1. The highest BCUT2D eigenvalue weighted by Gasteiger charge is 2.14. The molecule has 0 aliphatic rings. The summed E-state index contributed by atoms with van der Waals surface area (Å²) < 4.78 is 23.8. The lowest BCUT2D eigenvalue weighted by molar-refractivity contribution is 0.0694. The monoisotopic (exact) mass is 276 g/mol. The molecule has 104 valence electrons. The number of hydrogen-bond donors (Lipinski definition) is 1. The molecule has 0 atom stereocenters. The van der Waals surface area contributed by atoms with Gasteiger partial charge in [-0.3, -0.25) is 0 Å². The minimum atomic E-state index is -1.13. The molecule has 2 rings (SSSR count). The topological polar surface area (TPSA) is 55.8 Å². The Hall–Kier alpha value is -2.56. The van der Waals surface area contributed by atoms with Gasteiger partial charge < -0.3 is 14.6 Å². The number of carbonyl (C=O) groups is 1. The van der Waals surface area contributed by atoms with Crippen LogP contribution in [0.1, 0.15) is 15.9 Å². The average Bonchev–Trinajstić information content (AvgIpc) is 2.42. The number of hydrogen-bond acceptors (Lipinski definition) is 3. The lowest BCUT2D eigenvalue weighted by atomic mass is 10.2. The summed E-state index contributed by atoms with van der Waals surface area (Å²) in [7, 11) is 1.47. The molecular formula is C15H13FO4. The molecule has 0 radical (unpaired) electrons. The van der Waals surface area contributed by atoms with Gasteiger partial charge in [-0.2, -0.15) is 0 Å². The molecule has 0 bridgehead atoms. The van der Waals surface area contributed by atoms with Gasteiger partial charge in [0.15, 0.2) is 0 Å². The Balaban J connectivity index is 2.45. The Labute approximate surface area is 115 Å². The number of ether oxygens (including phenoxy) is 2. The van der Waals surface area contributed by atoms with Crippen LogP contribution in [0.5, 0.6) is 17.2 Å². The number of rotatable bonds is 4. The first-order valence-corrected chi connectivity index (χ1v) is 5.86. The highest BCUT2D eigenvalue weighted by molar-refractivity contribution is 5.91. The van der Waals surface area contributed by atoms with Crippen molar-refractivity contribution in [1.82, 2.24) is 0 Å². The Morgan fingerprint density at radius 2 is 1.90 bits per heavy atom. The summed E-state index contributed by atoms with van der Waals surface area (Å²) in [4.78, 5) is 11.2. The molecule has 1 N–H and O–H groups in total. The van der Waals surface area contributed by atoms with Gasteiger partial charge in [-0.1, -0.05) is 6.07 Å². The Bertz CT molecular complexity index is 652. The van der Waals surface area contributed by atoms with E-state index in [9.17, 15) is 9.18 Å². The number of methoxy groups -OCH3 is 1. The molecule has 0 unspecified atom stereocenters. The van der Waals surface area contributed by atoms with Crippen molar-refractivity contribution < 1.29 is 23.8 Å². The Morgan fingerprint density at radius 1 is 1.15 bits per heavy atom. The molecule has 0 aliphatic carbocycles. The minimum Gasteiger partial charge on any atom is -0.497 e. The van der Waals surface area contributed by atoms with Crippen LogP contribution in [0.25, 0.3) is 0 Å². The molecule has 20 heavy (non-hydrogen) atoms. The van der Waals surface area contributed by atoms with Crippen molar-refractivity contribution in [2.24, 2.45) is 0 Å². The first-order valence-electron chi connectivity index (χ1n) is 5.86. The van der Waals surface area contributed by atoms with Gasteiger partial charge in [-0.15, -0.1) is 0 Å². The molecule has 0 aromatic heterocycles. The SMILES string of the molecule is COc1ccc(C(=O)O)c(Oc2cc(F)ccc2C)c1. The van der Waals surface area contributed by atoms with E-state index >= 15 is 0 Å². The lowest BCUT2D eigenvalue weighted by Crippen LogP contribution is -2.01. The third-order valence-electron chi connectivity index (χ3n) is 2.79. The molecule has 0 amide bonds. The summed E-state index contributed by atoms with van der Waals surface area (Å²) in [6, 6.07) is 8.44. The maximum Gasteiger partial charge on any atom is 0.339 e. The fourth-order valence-electron chi connectivity index (χ4n) is 1.69. The summed E-state index contributed by atoms with van der Waals surface area (Å²) >= 11 is 0. The van der Waals surface area contributed by atoms with Crippen molar-refractivity contribution in [2.45, 2.75) is 6.92 Å². The molecule has 4 nitrogen and oxygen atoms in total. The number of benzene rings is 2. The molecule has 5 heteroatoms. The fraction of sp³-hybridized carbons (Fsp3) is 0.133. The van der Waals surface area contributed by atoms with Crippen molar-refractivity contribution in [3.63, 3.8) is 0 Å². The van der Waals surface area contributed by atoms with Crippen LogP contribution < -0.4 is 9.47 Å². The van der Waals surface area contributed by atoms with Crippen molar-refractivity contribution in [3.05, 3.63) is 53.3 Å². The van der Waals surface area contributed by atoms with Crippen LogP contribution in [0.4, 0.5) is 4.39 Å². The second-order valence-electron chi connectivity index (χ2n) is 4.18. The molecule has 0 aliphatic heterocycles. The third kappa shape index (κ3) is 2.88. The predicted octanol–water partition coefficient (Wildman–Crippen LogP) is 3.63. The molecule has 2 aromatic carbocycles. The Morgan fingerprint density at radius 3 is 2.55 bits per heavy atom. The van der Waals surface area contributed by atoms with Crippen LogP contribution in [0.3, 0.4) is 0 Å². The molecule has 0 spiro atoms. The number of carboxylic acids is 1. The zero-order chi connectivity index (χ0) is 14.7. The second kappa shape index (κ2) is 5.61. The van der Waals surface area contributed by atoms with Crippen molar-refractivity contribution >= 4 is 5.97 Å². The van der Waals surface area contributed by atoms with Gasteiger partial charge in [0.25, 0.3) is 0 Å². The van der Waals surface area contributed by atoms with E-state index in [1.54, 1.807) is 13.0 Å². The second-order valence-corrected chi connectivity index (χ2v) is 4.18. The summed E-state index contributed by atoms with van der Waals surface area (Å²) in [5.74, 6) is -0.757. The normalized spacial score (nSPS) is 10.2. The van der Waals surface area contributed by atoms with E-state index in [-0.39, 0.29) is 17.1 Å². The third-order valence-corrected chi connectivity index (χ3v) is 2.79. The van der Waals surface area contributed by atoms with E-state index in [4.69, 9.17) is 14.6 Å². The van der Waals surface area contributed by atoms with Crippen LogP contribution in [0.2, 0.25) is 0 Å². The summed E-state index contributed by atoms with van der Waals surface area (Å²) in [6.07, 6.45) is 0. The maximum atomic E-state index is 13.2. The van der Waals surface area contributed by atoms with E-state index < -0.39 is 11.8 Å². The van der Waals surface area contributed by atoms with Gasteiger partial charge in [-0.25, -0.2) is 9.18 Å². The van der Waals surface area contributed by atoms with Gasteiger partial charge in [0.05, 0.1) is 7.11 Å². The molecular weight excluding hydrogens is 263 g/mol. The minimum absolute atomic E-state index is 0.0190. The number of carboxylic acid groups (broad SMARTS) is 1. The van der Waals surface area contributed by atoms with Gasteiger partial charge >= 0.3 is 5.97 Å². The van der Waals surface area contributed by atoms with Gasteiger partial charge in [0, 0.05) is 12.1 Å². The fourth-order valence-corrected chi connectivity index (χ4v) is 1.69. The van der Waals surface area contributed by atoms with Crippen LogP contribution >= 0.6 is 0 Å². The zero-order valence-corrected chi connectivity index (χ0v) is 11.0. The van der Waals surface area contributed by atoms with Crippen LogP contribution in [-0.4, -0.2) is 18.2 Å². The highest BCUT2D eigenvalue weighted by Crippen LogP contribution is 2.31. The van der Waals surface area contributed by atoms with Crippen LogP contribution in [0.15, 0.2) is 36.4 Å². The van der Waals surface area contributed by atoms with Crippen LogP contribution in [0, 0.1) is 12.7 Å². The highest BCUT2D eigenvalue weighted by atomic mass is 19.1. The largest absolute Gasteiger partial charge is 0.497 e. The van der Waals surface area contributed by atoms with Crippen molar-refractivity contribution in [3.8, 4) is 17.2 Å². The van der Waals surface area contributed by atoms with Crippen LogP contribution in [-0.2, 0) is 0 Å². The Kier molecular flexibility index (Phi) is 3.89. The first kappa shape index (κ1) is 13.9. The van der Waals surface area contributed by atoms with Gasteiger partial charge in [-0.05, 0) is 30.7 Å². The molecule has 0 saturated heterocycles. The summed E-state index contributed by atoms with van der Waals surface area (Å²) in [5.41, 5.74) is 0.681. The van der Waals surface area contributed by atoms with Gasteiger partial charge in [0.1, 0.15) is 28.6 Å². The molecule has 0 heterocycles. The quantitative estimate of drug-likeness (QED) is 0.926. The lowest BCUT2D eigenvalue weighted by Gasteiger charge is -2.12. The predicted molar refractivity (Wildman–Crippen MR) is 71.2 cm³/mol. The summed E-state index contributed by atoms with van der Waals surface area (Å²) in [5, 5.41) is 9.14. The van der Waals surface area contributed by atoms with Crippen molar-refractivity contribution in [2.75, 3.05) is 7.11 Å².